The minimum Gasteiger partial charge on any atom is -0.378 e. The highest BCUT2D eigenvalue weighted by atomic mass is 32.2. The fourth-order valence-corrected chi connectivity index (χ4v) is 4.29. The summed E-state index contributed by atoms with van der Waals surface area (Å²) in [6.45, 7) is 3.13. The molecule has 1 aliphatic carbocycles. The Balaban J connectivity index is 1.56. The lowest BCUT2D eigenvalue weighted by molar-refractivity contribution is 0.0548. The predicted octanol–water partition coefficient (Wildman–Crippen LogP) is 3.79. The van der Waals surface area contributed by atoms with Crippen LogP contribution in [0.5, 0.6) is 0 Å². The van der Waals surface area contributed by atoms with Crippen LogP contribution in [0, 0.1) is 0 Å². The van der Waals surface area contributed by atoms with Crippen LogP contribution in [0.25, 0.3) is 6.08 Å². The van der Waals surface area contributed by atoms with Crippen LogP contribution in [0.4, 0.5) is 5.69 Å². The number of morpholine rings is 1. The van der Waals surface area contributed by atoms with E-state index in [1.54, 1.807) is 12.1 Å². The van der Waals surface area contributed by atoms with Crippen molar-refractivity contribution >= 4 is 28.1 Å². The molecular formula is C23H25N3O4S. The highest BCUT2D eigenvalue weighted by Crippen LogP contribution is 2.35. The second-order valence-electron chi connectivity index (χ2n) is 7.42. The van der Waals surface area contributed by atoms with Crippen LogP contribution in [0.3, 0.4) is 0 Å². The van der Waals surface area contributed by atoms with Gasteiger partial charge in [0.1, 0.15) is 0 Å². The number of ether oxygens (including phenoxy) is 1. The normalized spacial score (nSPS) is 18.9. The zero-order valence-corrected chi connectivity index (χ0v) is 17.9. The molecule has 0 spiro atoms. The second kappa shape index (κ2) is 9.47. The van der Waals surface area contributed by atoms with Gasteiger partial charge in [-0.1, -0.05) is 30.3 Å². The van der Waals surface area contributed by atoms with E-state index in [1.165, 1.54) is 29.0 Å². The standard InChI is InChI=1S/C23H25N3O4S/c27-31(28,29)22-10-8-21(9-11-22)25-24-17-20-7-6-19(16-18-4-2-1-3-5-18)23(20)26-12-14-30-15-13-26/h1-5,8-11,16-17,25H,6-7,12-15H2,(H,27,28,29)/b19-16-,24-17-. The van der Waals surface area contributed by atoms with E-state index in [0.29, 0.717) is 18.9 Å². The maximum absolute atomic E-state index is 11.2. The van der Waals surface area contributed by atoms with E-state index in [1.807, 2.05) is 24.4 Å². The molecule has 2 aromatic rings. The third-order valence-corrected chi connectivity index (χ3v) is 6.17. The Labute approximate surface area is 182 Å². The van der Waals surface area contributed by atoms with Gasteiger partial charge in [-0.05, 0) is 59.9 Å². The maximum atomic E-state index is 11.2. The average Bonchev–Trinajstić information content (AvgIpc) is 3.17. The van der Waals surface area contributed by atoms with Gasteiger partial charge < -0.3 is 9.64 Å². The van der Waals surface area contributed by atoms with Crippen LogP contribution in [-0.2, 0) is 14.9 Å². The Morgan fingerprint density at radius 2 is 1.71 bits per heavy atom. The molecule has 1 heterocycles. The first-order valence-corrected chi connectivity index (χ1v) is 11.6. The molecule has 0 aromatic heterocycles. The van der Waals surface area contributed by atoms with Gasteiger partial charge in [-0.3, -0.25) is 9.98 Å². The van der Waals surface area contributed by atoms with Gasteiger partial charge in [0.15, 0.2) is 0 Å². The number of hydrogen-bond donors (Lipinski definition) is 2. The zero-order valence-electron chi connectivity index (χ0n) is 17.1. The summed E-state index contributed by atoms with van der Waals surface area (Å²) in [4.78, 5) is 2.22. The van der Waals surface area contributed by atoms with Gasteiger partial charge in [-0.15, -0.1) is 0 Å². The summed E-state index contributed by atoms with van der Waals surface area (Å²) >= 11 is 0. The fraction of sp³-hybridized carbons (Fsp3) is 0.261. The fourth-order valence-electron chi connectivity index (χ4n) is 3.81. The smallest absolute Gasteiger partial charge is 0.294 e. The average molecular weight is 440 g/mol. The highest BCUT2D eigenvalue weighted by Gasteiger charge is 2.25. The van der Waals surface area contributed by atoms with Crippen molar-refractivity contribution in [2.75, 3.05) is 31.7 Å². The first-order valence-electron chi connectivity index (χ1n) is 10.2. The van der Waals surface area contributed by atoms with E-state index in [-0.39, 0.29) is 4.90 Å². The van der Waals surface area contributed by atoms with Gasteiger partial charge >= 0.3 is 0 Å². The molecule has 2 N–H and O–H groups in total. The number of rotatable bonds is 6. The third kappa shape index (κ3) is 5.41. The molecule has 0 radical (unpaired) electrons. The molecule has 8 heteroatoms. The van der Waals surface area contributed by atoms with E-state index >= 15 is 0 Å². The minimum atomic E-state index is -4.20. The van der Waals surface area contributed by atoms with Gasteiger partial charge in [0.25, 0.3) is 10.1 Å². The number of benzene rings is 2. The van der Waals surface area contributed by atoms with Crippen molar-refractivity contribution < 1.29 is 17.7 Å². The molecular weight excluding hydrogens is 414 g/mol. The molecule has 2 aliphatic rings. The van der Waals surface area contributed by atoms with Crippen LogP contribution >= 0.6 is 0 Å². The van der Waals surface area contributed by atoms with E-state index < -0.39 is 10.1 Å². The summed E-state index contributed by atoms with van der Waals surface area (Å²) in [6, 6.07) is 16.1. The maximum Gasteiger partial charge on any atom is 0.294 e. The summed E-state index contributed by atoms with van der Waals surface area (Å²) in [6.07, 6.45) is 5.94. The summed E-state index contributed by atoms with van der Waals surface area (Å²) in [7, 11) is -4.20. The number of nitrogens with zero attached hydrogens (tertiary/aromatic N) is 2. The molecule has 0 amide bonds. The van der Waals surface area contributed by atoms with Gasteiger partial charge in [-0.25, -0.2) is 0 Å². The Hall–Kier alpha value is -2.94. The molecule has 0 saturated carbocycles. The van der Waals surface area contributed by atoms with Crippen molar-refractivity contribution in [1.29, 1.82) is 0 Å². The van der Waals surface area contributed by atoms with E-state index in [0.717, 1.165) is 31.5 Å². The van der Waals surface area contributed by atoms with Gasteiger partial charge in [0.05, 0.1) is 30.0 Å². The molecule has 0 atom stereocenters. The molecule has 31 heavy (non-hydrogen) atoms. The molecule has 0 unspecified atom stereocenters. The molecule has 4 rings (SSSR count). The van der Waals surface area contributed by atoms with Crippen LogP contribution in [-0.4, -0.2) is 50.4 Å². The van der Waals surface area contributed by atoms with E-state index in [4.69, 9.17) is 9.29 Å². The quantitative estimate of drug-likeness (QED) is 0.404. The number of hydrogen-bond acceptors (Lipinski definition) is 6. The Morgan fingerprint density at radius 3 is 2.39 bits per heavy atom. The first-order chi connectivity index (χ1) is 15.0. The van der Waals surface area contributed by atoms with E-state index in [9.17, 15) is 8.42 Å². The van der Waals surface area contributed by atoms with Crippen molar-refractivity contribution in [3.63, 3.8) is 0 Å². The Bertz CT molecular complexity index is 1100. The number of hydrazone groups is 1. The molecule has 1 fully saturated rings. The van der Waals surface area contributed by atoms with Crippen molar-refractivity contribution in [2.24, 2.45) is 5.10 Å². The Morgan fingerprint density at radius 1 is 1.00 bits per heavy atom. The number of allylic oxidation sites excluding steroid dienone is 2. The van der Waals surface area contributed by atoms with Crippen LogP contribution < -0.4 is 5.43 Å². The van der Waals surface area contributed by atoms with Crippen LogP contribution in [0.2, 0.25) is 0 Å². The van der Waals surface area contributed by atoms with Gasteiger partial charge in [-0.2, -0.15) is 13.5 Å². The predicted molar refractivity (Wildman–Crippen MR) is 121 cm³/mol. The lowest BCUT2D eigenvalue weighted by Gasteiger charge is -2.31. The van der Waals surface area contributed by atoms with Gasteiger partial charge in [0, 0.05) is 18.8 Å². The topological polar surface area (TPSA) is 91.2 Å². The first kappa shape index (κ1) is 21.3. The summed E-state index contributed by atoms with van der Waals surface area (Å²) < 4.78 is 36.9. The van der Waals surface area contributed by atoms with Crippen molar-refractivity contribution in [2.45, 2.75) is 17.7 Å². The largest absolute Gasteiger partial charge is 0.378 e. The lowest BCUT2D eigenvalue weighted by atomic mass is 10.1. The van der Waals surface area contributed by atoms with Crippen molar-refractivity contribution in [3.8, 4) is 0 Å². The minimum absolute atomic E-state index is 0.147. The lowest BCUT2D eigenvalue weighted by Crippen LogP contribution is -2.36. The molecule has 2 aromatic carbocycles. The van der Waals surface area contributed by atoms with Crippen LogP contribution in [0.1, 0.15) is 18.4 Å². The molecule has 0 bridgehead atoms. The summed E-state index contributed by atoms with van der Waals surface area (Å²) in [5, 5.41) is 4.37. The molecule has 7 nitrogen and oxygen atoms in total. The highest BCUT2D eigenvalue weighted by molar-refractivity contribution is 7.85. The van der Waals surface area contributed by atoms with Crippen LogP contribution in [0.15, 0.2) is 81.4 Å². The van der Waals surface area contributed by atoms with Crippen molar-refractivity contribution in [3.05, 3.63) is 77.0 Å². The van der Waals surface area contributed by atoms with Crippen molar-refractivity contribution in [1.82, 2.24) is 4.90 Å². The zero-order chi connectivity index (χ0) is 21.7. The Kier molecular flexibility index (Phi) is 6.50. The number of nitrogens with one attached hydrogen (secondary N) is 1. The molecule has 162 valence electrons. The summed E-state index contributed by atoms with van der Waals surface area (Å²) in [5.74, 6) is 0. The molecule has 1 saturated heterocycles. The summed E-state index contributed by atoms with van der Waals surface area (Å²) in [5.41, 5.74) is 8.43. The monoisotopic (exact) mass is 439 g/mol. The van der Waals surface area contributed by atoms with Gasteiger partial charge in [0.2, 0.25) is 0 Å². The molecule has 1 aliphatic heterocycles. The number of anilines is 1. The second-order valence-corrected chi connectivity index (χ2v) is 8.84. The third-order valence-electron chi connectivity index (χ3n) is 5.31. The van der Waals surface area contributed by atoms with E-state index in [2.05, 4.69) is 33.6 Å². The SMILES string of the molecule is O=S(=O)(O)c1ccc(N/N=C\C2=C(N3CCOCC3)C(=C\c3ccccc3)/CC2)cc1.